The predicted molar refractivity (Wildman–Crippen MR) is 62.8 cm³/mol. The van der Waals surface area contributed by atoms with Crippen molar-refractivity contribution in [3.63, 3.8) is 0 Å². The molecule has 1 rings (SSSR count). The van der Waals surface area contributed by atoms with Gasteiger partial charge in [-0.15, -0.1) is 0 Å². The van der Waals surface area contributed by atoms with Gasteiger partial charge in [0, 0.05) is 24.2 Å². The molecule has 0 aliphatic heterocycles. The smallest absolute Gasteiger partial charge is 0.269 e. The van der Waals surface area contributed by atoms with Crippen molar-refractivity contribution in [2.45, 2.75) is 19.8 Å². The van der Waals surface area contributed by atoms with Gasteiger partial charge in [0.25, 0.3) is 5.69 Å². The van der Waals surface area contributed by atoms with Crippen LogP contribution in [0.25, 0.3) is 0 Å². The molecule has 0 spiro atoms. The third kappa shape index (κ3) is 3.34. The summed E-state index contributed by atoms with van der Waals surface area (Å²) in [5.41, 5.74) is 0.715. The number of non-ortho nitro benzene ring substituents is 1. The van der Waals surface area contributed by atoms with Crippen LogP contribution >= 0.6 is 0 Å². The van der Waals surface area contributed by atoms with E-state index in [2.05, 4.69) is 12.2 Å². The molecule has 0 saturated heterocycles. The van der Waals surface area contributed by atoms with Crippen molar-refractivity contribution in [3.8, 4) is 0 Å². The van der Waals surface area contributed by atoms with Crippen molar-refractivity contribution in [2.24, 2.45) is 0 Å². The molecule has 0 aliphatic rings. The quantitative estimate of drug-likeness (QED) is 0.263. The predicted octanol–water partition coefficient (Wildman–Crippen LogP) is 2.31. The Labute approximate surface area is 94.1 Å². The fraction of sp³-hybridized carbons (Fsp3) is 0.364. The lowest BCUT2D eigenvalue weighted by molar-refractivity contribution is -0.384. The number of nitro groups is 1. The van der Waals surface area contributed by atoms with E-state index in [9.17, 15) is 10.1 Å². The average Bonchev–Trinajstić information content (AvgIpc) is 2.29. The van der Waals surface area contributed by atoms with Gasteiger partial charge in [-0.25, -0.2) is 0 Å². The van der Waals surface area contributed by atoms with Crippen molar-refractivity contribution in [1.82, 2.24) is 5.32 Å². The summed E-state index contributed by atoms with van der Waals surface area (Å²) in [7, 11) is 0. The number of nitro benzene ring substituents is 1. The first kappa shape index (κ1) is 12.2. The Balaban J connectivity index is 2.59. The number of hydrogen-bond donors (Lipinski definition) is 2. The number of unbranched alkanes of at least 4 members (excludes halogenated alkanes) is 1. The molecular weight excluding hydrogens is 206 g/mol. The number of rotatable bonds is 5. The molecule has 0 radical (unpaired) electrons. The highest BCUT2D eigenvalue weighted by Crippen LogP contribution is 2.11. The van der Waals surface area contributed by atoms with E-state index in [-0.39, 0.29) is 5.69 Å². The fourth-order valence-corrected chi connectivity index (χ4v) is 1.24. The maximum absolute atomic E-state index is 10.4. The second-order valence-electron chi connectivity index (χ2n) is 3.46. The summed E-state index contributed by atoms with van der Waals surface area (Å²) in [4.78, 5) is 9.98. The number of benzene rings is 1. The maximum Gasteiger partial charge on any atom is 0.269 e. The normalized spacial score (nSPS) is 9.81. The fourth-order valence-electron chi connectivity index (χ4n) is 1.24. The van der Waals surface area contributed by atoms with Crippen LogP contribution in [0.3, 0.4) is 0 Å². The summed E-state index contributed by atoms with van der Waals surface area (Å²) in [6.07, 6.45) is 2.08. The van der Waals surface area contributed by atoms with Crippen molar-refractivity contribution in [1.29, 1.82) is 5.41 Å². The molecule has 0 aromatic heterocycles. The van der Waals surface area contributed by atoms with Crippen LogP contribution in [0.4, 0.5) is 5.69 Å². The van der Waals surface area contributed by atoms with E-state index in [0.717, 1.165) is 19.4 Å². The summed E-state index contributed by atoms with van der Waals surface area (Å²) in [6, 6.07) is 5.98. The molecule has 1 aromatic rings. The van der Waals surface area contributed by atoms with Gasteiger partial charge in [-0.1, -0.05) is 13.3 Å². The molecule has 16 heavy (non-hydrogen) atoms. The van der Waals surface area contributed by atoms with Crippen LogP contribution in [0.5, 0.6) is 0 Å². The Morgan fingerprint density at radius 2 is 2.06 bits per heavy atom. The van der Waals surface area contributed by atoms with Crippen LogP contribution in [-0.4, -0.2) is 17.3 Å². The van der Waals surface area contributed by atoms with Crippen LogP contribution in [-0.2, 0) is 0 Å². The van der Waals surface area contributed by atoms with Gasteiger partial charge in [0.2, 0.25) is 0 Å². The number of hydrogen-bond acceptors (Lipinski definition) is 3. The molecule has 86 valence electrons. The van der Waals surface area contributed by atoms with Crippen LogP contribution in [0.1, 0.15) is 25.3 Å². The van der Waals surface area contributed by atoms with E-state index in [4.69, 9.17) is 5.41 Å². The van der Waals surface area contributed by atoms with E-state index in [0.29, 0.717) is 11.4 Å². The lowest BCUT2D eigenvalue weighted by Gasteiger charge is -2.06. The Kier molecular flexibility index (Phi) is 4.44. The second kappa shape index (κ2) is 5.85. The molecule has 5 nitrogen and oxygen atoms in total. The van der Waals surface area contributed by atoms with E-state index < -0.39 is 4.92 Å². The van der Waals surface area contributed by atoms with E-state index >= 15 is 0 Å². The Hall–Kier alpha value is -1.91. The first-order valence-corrected chi connectivity index (χ1v) is 5.22. The number of nitrogens with zero attached hydrogens (tertiary/aromatic N) is 1. The molecule has 0 atom stereocenters. The summed E-state index contributed by atoms with van der Waals surface area (Å²) in [5, 5.41) is 21.1. The zero-order chi connectivity index (χ0) is 12.0. The van der Waals surface area contributed by atoms with Crippen molar-refractivity contribution < 1.29 is 4.92 Å². The largest absolute Gasteiger partial charge is 0.370 e. The zero-order valence-electron chi connectivity index (χ0n) is 9.19. The summed E-state index contributed by atoms with van der Waals surface area (Å²) >= 11 is 0. The van der Waals surface area contributed by atoms with Crippen molar-refractivity contribution in [2.75, 3.05) is 6.54 Å². The molecular formula is C11H15N3O2. The Bertz CT molecular complexity index is 373. The Morgan fingerprint density at radius 3 is 2.56 bits per heavy atom. The van der Waals surface area contributed by atoms with Gasteiger partial charge in [-0.2, -0.15) is 0 Å². The molecule has 0 bridgehead atoms. The number of nitrogens with one attached hydrogen (secondary N) is 2. The van der Waals surface area contributed by atoms with Gasteiger partial charge in [0.1, 0.15) is 5.84 Å². The Morgan fingerprint density at radius 1 is 1.44 bits per heavy atom. The third-order valence-electron chi connectivity index (χ3n) is 2.20. The number of amidine groups is 1. The molecule has 1 aromatic carbocycles. The van der Waals surface area contributed by atoms with Gasteiger partial charge in [0.05, 0.1) is 4.92 Å². The molecule has 0 fully saturated rings. The van der Waals surface area contributed by atoms with Crippen LogP contribution < -0.4 is 5.32 Å². The summed E-state index contributed by atoms with van der Waals surface area (Å²) < 4.78 is 0. The van der Waals surface area contributed by atoms with E-state index in [1.54, 1.807) is 12.1 Å². The summed E-state index contributed by atoms with van der Waals surface area (Å²) in [6.45, 7) is 2.84. The molecule has 0 saturated carbocycles. The van der Waals surface area contributed by atoms with Gasteiger partial charge >= 0.3 is 0 Å². The maximum atomic E-state index is 10.4. The van der Waals surface area contributed by atoms with Gasteiger partial charge in [-0.05, 0) is 18.6 Å². The first-order valence-electron chi connectivity index (χ1n) is 5.22. The standard InChI is InChI=1S/C11H15N3O2/c1-2-3-8-13-11(12)9-4-6-10(7-5-9)14(15)16/h4-7H,2-3,8H2,1H3,(H2,12,13). The highest BCUT2D eigenvalue weighted by atomic mass is 16.6. The van der Waals surface area contributed by atoms with Gasteiger partial charge < -0.3 is 5.32 Å². The lowest BCUT2D eigenvalue weighted by atomic mass is 10.2. The minimum atomic E-state index is -0.447. The summed E-state index contributed by atoms with van der Waals surface area (Å²) in [5.74, 6) is 0.309. The topological polar surface area (TPSA) is 79.0 Å². The van der Waals surface area contributed by atoms with Crippen LogP contribution in [0.2, 0.25) is 0 Å². The average molecular weight is 221 g/mol. The van der Waals surface area contributed by atoms with Gasteiger partial charge in [-0.3, -0.25) is 15.5 Å². The molecule has 0 amide bonds. The molecule has 0 aliphatic carbocycles. The molecule has 5 heteroatoms. The monoisotopic (exact) mass is 221 g/mol. The molecule has 2 N–H and O–H groups in total. The van der Waals surface area contributed by atoms with Crippen molar-refractivity contribution >= 4 is 11.5 Å². The van der Waals surface area contributed by atoms with E-state index in [1.165, 1.54) is 12.1 Å². The molecule has 0 unspecified atom stereocenters. The zero-order valence-corrected chi connectivity index (χ0v) is 9.19. The van der Waals surface area contributed by atoms with Crippen LogP contribution in [0.15, 0.2) is 24.3 Å². The first-order chi connectivity index (χ1) is 7.65. The second-order valence-corrected chi connectivity index (χ2v) is 3.46. The van der Waals surface area contributed by atoms with E-state index in [1.807, 2.05) is 0 Å². The SMILES string of the molecule is CCCCNC(=N)c1ccc([N+](=O)[O-])cc1. The minimum absolute atomic E-state index is 0.0464. The third-order valence-corrected chi connectivity index (χ3v) is 2.20. The molecule has 0 heterocycles. The van der Waals surface area contributed by atoms with Crippen molar-refractivity contribution in [3.05, 3.63) is 39.9 Å². The lowest BCUT2D eigenvalue weighted by Crippen LogP contribution is -2.24. The highest BCUT2D eigenvalue weighted by Gasteiger charge is 2.06. The van der Waals surface area contributed by atoms with Gasteiger partial charge in [0.15, 0.2) is 0 Å². The highest BCUT2D eigenvalue weighted by molar-refractivity contribution is 5.96. The minimum Gasteiger partial charge on any atom is -0.370 e. The van der Waals surface area contributed by atoms with Crippen LogP contribution in [0, 0.1) is 15.5 Å².